The lowest BCUT2D eigenvalue weighted by molar-refractivity contribution is 0.660. The third kappa shape index (κ3) is 6.46. The molecule has 0 saturated carbocycles. The molecule has 1 aliphatic rings. The highest BCUT2D eigenvalue weighted by atomic mass is 14.9. The highest BCUT2D eigenvalue weighted by Gasteiger charge is 2.35. The fourth-order valence-corrected chi connectivity index (χ4v) is 8.38. The molecule has 0 unspecified atom stereocenters. The van der Waals surface area contributed by atoms with Gasteiger partial charge in [0.25, 0.3) is 0 Å². The van der Waals surface area contributed by atoms with Gasteiger partial charge in [0.2, 0.25) is 0 Å². The van der Waals surface area contributed by atoms with Crippen LogP contribution in [0.3, 0.4) is 0 Å². The van der Waals surface area contributed by atoms with Gasteiger partial charge in [0, 0.05) is 22.1 Å². The number of rotatable bonds is 7. The molecular formula is C55H40N2. The zero-order valence-electron chi connectivity index (χ0n) is 32.0. The molecular weight excluding hydrogens is 689 g/mol. The molecule has 0 atom stereocenters. The van der Waals surface area contributed by atoms with E-state index in [1.807, 2.05) is 12.1 Å². The molecule has 0 saturated heterocycles. The first-order valence-corrected chi connectivity index (χ1v) is 19.6. The van der Waals surface area contributed by atoms with Gasteiger partial charge >= 0.3 is 0 Å². The van der Waals surface area contributed by atoms with E-state index in [0.29, 0.717) is 5.82 Å². The molecule has 270 valence electrons. The molecule has 0 bridgehead atoms. The Hall–Kier alpha value is -7.16. The van der Waals surface area contributed by atoms with E-state index >= 15 is 0 Å². The Kier molecular flexibility index (Phi) is 8.53. The molecule has 0 N–H and O–H groups in total. The predicted octanol–water partition coefficient (Wildman–Crippen LogP) is 14.5. The molecule has 1 aromatic heterocycles. The maximum atomic E-state index is 5.20. The molecule has 0 spiro atoms. The van der Waals surface area contributed by atoms with E-state index in [4.69, 9.17) is 9.97 Å². The van der Waals surface area contributed by atoms with Crippen molar-refractivity contribution >= 4 is 0 Å². The van der Waals surface area contributed by atoms with Crippen LogP contribution >= 0.6 is 0 Å². The van der Waals surface area contributed by atoms with Gasteiger partial charge in [-0.2, -0.15) is 0 Å². The Morgan fingerprint density at radius 2 is 0.667 bits per heavy atom. The summed E-state index contributed by atoms with van der Waals surface area (Å²) in [6.07, 6.45) is 0. The Balaban J connectivity index is 0.990. The van der Waals surface area contributed by atoms with Gasteiger partial charge in [0.1, 0.15) is 0 Å². The summed E-state index contributed by atoms with van der Waals surface area (Å²) in [5.74, 6) is 0.696. The Labute approximate surface area is 334 Å². The average Bonchev–Trinajstić information content (AvgIpc) is 3.52. The van der Waals surface area contributed by atoms with E-state index in [1.165, 1.54) is 55.6 Å². The molecule has 9 aromatic rings. The first-order chi connectivity index (χ1) is 28.0. The normalized spacial score (nSPS) is 12.5. The maximum Gasteiger partial charge on any atom is 0.160 e. The van der Waals surface area contributed by atoms with E-state index in [2.05, 4.69) is 208 Å². The van der Waals surface area contributed by atoms with E-state index < -0.39 is 0 Å². The Morgan fingerprint density at radius 3 is 1.23 bits per heavy atom. The van der Waals surface area contributed by atoms with Gasteiger partial charge in [-0.1, -0.05) is 202 Å². The molecule has 0 aliphatic heterocycles. The number of fused-ring (bicyclic) bond motifs is 3. The minimum absolute atomic E-state index is 0.0290. The van der Waals surface area contributed by atoms with Gasteiger partial charge in [0.15, 0.2) is 5.82 Å². The van der Waals surface area contributed by atoms with E-state index in [1.54, 1.807) is 0 Å². The van der Waals surface area contributed by atoms with Gasteiger partial charge in [0.05, 0.1) is 11.4 Å². The Morgan fingerprint density at radius 1 is 0.281 bits per heavy atom. The third-order valence-electron chi connectivity index (χ3n) is 11.6. The summed E-state index contributed by atoms with van der Waals surface area (Å²) in [6, 6.07) is 73.7. The van der Waals surface area contributed by atoms with Crippen LogP contribution in [0, 0.1) is 0 Å². The van der Waals surface area contributed by atoms with Crippen LogP contribution < -0.4 is 0 Å². The first kappa shape index (κ1) is 34.3. The Bertz CT molecular complexity index is 2770. The minimum atomic E-state index is -0.0290. The number of hydrogen-bond donors (Lipinski definition) is 0. The predicted molar refractivity (Wildman–Crippen MR) is 238 cm³/mol. The van der Waals surface area contributed by atoms with E-state index in [-0.39, 0.29) is 5.41 Å². The van der Waals surface area contributed by atoms with Crippen LogP contribution in [0.5, 0.6) is 0 Å². The highest BCUT2D eigenvalue weighted by molar-refractivity contribution is 5.84. The largest absolute Gasteiger partial charge is 0.228 e. The van der Waals surface area contributed by atoms with Crippen LogP contribution in [-0.4, -0.2) is 9.97 Å². The summed E-state index contributed by atoms with van der Waals surface area (Å²) in [5.41, 5.74) is 19.8. The van der Waals surface area contributed by atoms with Crippen LogP contribution in [0.15, 0.2) is 206 Å². The minimum Gasteiger partial charge on any atom is -0.228 e. The number of nitrogens with zero attached hydrogens (tertiary/aromatic N) is 2. The molecule has 1 heterocycles. The van der Waals surface area contributed by atoms with Crippen LogP contribution in [0.25, 0.3) is 89.5 Å². The van der Waals surface area contributed by atoms with Gasteiger partial charge < -0.3 is 0 Å². The second-order valence-corrected chi connectivity index (χ2v) is 15.4. The molecule has 8 aromatic carbocycles. The lowest BCUT2D eigenvalue weighted by Gasteiger charge is -2.22. The fraction of sp³-hybridized carbons (Fsp3) is 0.0545. The van der Waals surface area contributed by atoms with Crippen LogP contribution in [-0.2, 0) is 5.41 Å². The molecule has 57 heavy (non-hydrogen) atoms. The summed E-state index contributed by atoms with van der Waals surface area (Å²) >= 11 is 0. The van der Waals surface area contributed by atoms with Gasteiger partial charge in [-0.15, -0.1) is 0 Å². The second kappa shape index (κ2) is 14.2. The molecule has 0 fully saturated rings. The summed E-state index contributed by atoms with van der Waals surface area (Å²) in [5, 5.41) is 0. The van der Waals surface area contributed by atoms with Crippen molar-refractivity contribution in [1.82, 2.24) is 9.97 Å². The van der Waals surface area contributed by atoms with Crippen molar-refractivity contribution in [2.75, 3.05) is 0 Å². The summed E-state index contributed by atoms with van der Waals surface area (Å²) in [6.45, 7) is 4.67. The van der Waals surface area contributed by atoms with Crippen molar-refractivity contribution in [3.8, 4) is 89.5 Å². The van der Waals surface area contributed by atoms with Gasteiger partial charge in [-0.05, 0) is 85.0 Å². The van der Waals surface area contributed by atoms with Crippen LogP contribution in [0.1, 0.15) is 25.0 Å². The summed E-state index contributed by atoms with van der Waals surface area (Å²) in [4.78, 5) is 10.4. The van der Waals surface area contributed by atoms with Crippen molar-refractivity contribution in [3.05, 3.63) is 217 Å². The van der Waals surface area contributed by atoms with Crippen molar-refractivity contribution in [2.24, 2.45) is 0 Å². The smallest absolute Gasteiger partial charge is 0.160 e. The number of aromatic nitrogens is 2. The van der Waals surface area contributed by atoms with E-state index in [9.17, 15) is 0 Å². The second-order valence-electron chi connectivity index (χ2n) is 15.4. The molecule has 1 aliphatic carbocycles. The van der Waals surface area contributed by atoms with Crippen LogP contribution in [0.2, 0.25) is 0 Å². The standard InChI is InChI=1S/C55H40N2/c1-55(2)50-19-10-9-18-48(50)49-33-32-46(35-51(49)55)42-22-20-41(21-23-42)45-16-11-17-47(34-45)54-56-52(43-28-24-39(25-29-43)37-12-5-3-6-13-37)36-53(57-54)44-30-26-40(27-31-44)38-14-7-4-8-15-38/h3-36H,1-2H3. The zero-order chi connectivity index (χ0) is 38.3. The van der Waals surface area contributed by atoms with E-state index in [0.717, 1.165) is 39.2 Å². The van der Waals surface area contributed by atoms with Crippen molar-refractivity contribution in [2.45, 2.75) is 19.3 Å². The molecule has 10 rings (SSSR count). The molecule has 2 nitrogen and oxygen atoms in total. The molecule has 0 radical (unpaired) electrons. The zero-order valence-corrected chi connectivity index (χ0v) is 32.0. The summed E-state index contributed by atoms with van der Waals surface area (Å²) < 4.78 is 0. The number of benzene rings is 8. The van der Waals surface area contributed by atoms with Crippen LogP contribution in [0.4, 0.5) is 0 Å². The maximum absolute atomic E-state index is 5.20. The van der Waals surface area contributed by atoms with Crippen molar-refractivity contribution < 1.29 is 0 Å². The lowest BCUT2D eigenvalue weighted by Crippen LogP contribution is -2.14. The first-order valence-electron chi connectivity index (χ1n) is 19.6. The monoisotopic (exact) mass is 728 g/mol. The van der Waals surface area contributed by atoms with Gasteiger partial charge in [-0.3, -0.25) is 0 Å². The quantitative estimate of drug-likeness (QED) is 0.163. The van der Waals surface area contributed by atoms with Crippen molar-refractivity contribution in [3.63, 3.8) is 0 Å². The number of hydrogen-bond acceptors (Lipinski definition) is 2. The van der Waals surface area contributed by atoms with Gasteiger partial charge in [-0.25, -0.2) is 9.97 Å². The van der Waals surface area contributed by atoms with Crippen molar-refractivity contribution in [1.29, 1.82) is 0 Å². The SMILES string of the molecule is CC1(C)c2ccccc2-c2ccc(-c3ccc(-c4cccc(-c5nc(-c6ccc(-c7ccccc7)cc6)cc(-c6ccc(-c7ccccc7)cc6)n5)c4)cc3)cc21. The third-order valence-corrected chi connectivity index (χ3v) is 11.6. The fourth-order valence-electron chi connectivity index (χ4n) is 8.38. The topological polar surface area (TPSA) is 25.8 Å². The molecule has 0 amide bonds. The average molecular weight is 729 g/mol. The highest BCUT2D eigenvalue weighted by Crippen LogP contribution is 2.49. The lowest BCUT2D eigenvalue weighted by atomic mass is 9.81. The molecule has 2 heteroatoms. The summed E-state index contributed by atoms with van der Waals surface area (Å²) in [7, 11) is 0.